The number of hydrogen-bond donors (Lipinski definition) is 2. The summed E-state index contributed by atoms with van der Waals surface area (Å²) in [6.07, 6.45) is 0. The third-order valence-corrected chi connectivity index (χ3v) is 4.75. The van der Waals surface area contributed by atoms with Crippen molar-refractivity contribution in [3.63, 3.8) is 0 Å². The highest BCUT2D eigenvalue weighted by Gasteiger charge is 2.16. The maximum absolute atomic E-state index is 13.8. The van der Waals surface area contributed by atoms with E-state index >= 15 is 0 Å². The van der Waals surface area contributed by atoms with Gasteiger partial charge < -0.3 is 5.73 Å². The van der Waals surface area contributed by atoms with Crippen molar-refractivity contribution < 1.29 is 12.8 Å². The van der Waals surface area contributed by atoms with E-state index in [9.17, 15) is 12.8 Å². The fourth-order valence-corrected chi connectivity index (χ4v) is 3.22. The van der Waals surface area contributed by atoms with Crippen LogP contribution in [0.4, 0.5) is 4.39 Å². The fourth-order valence-electron chi connectivity index (χ4n) is 1.97. The number of nitrogens with two attached hydrogens (primary N) is 1. The summed E-state index contributed by atoms with van der Waals surface area (Å²) >= 11 is 0. The molecule has 4 nitrogen and oxygen atoms in total. The minimum absolute atomic E-state index is 0.104. The van der Waals surface area contributed by atoms with Crippen molar-refractivity contribution in [2.75, 3.05) is 0 Å². The highest BCUT2D eigenvalue weighted by molar-refractivity contribution is 7.89. The Labute approximate surface area is 123 Å². The first-order valence-electron chi connectivity index (χ1n) is 6.46. The van der Waals surface area contributed by atoms with Gasteiger partial charge in [-0.25, -0.2) is 17.5 Å². The number of benzene rings is 2. The topological polar surface area (TPSA) is 72.2 Å². The summed E-state index contributed by atoms with van der Waals surface area (Å²) in [7, 11) is -3.66. The van der Waals surface area contributed by atoms with Crippen molar-refractivity contribution in [2.45, 2.75) is 24.9 Å². The van der Waals surface area contributed by atoms with Gasteiger partial charge in [-0.1, -0.05) is 30.3 Å². The third-order valence-electron chi connectivity index (χ3n) is 3.19. The molecule has 2 rings (SSSR count). The van der Waals surface area contributed by atoms with E-state index in [0.717, 1.165) is 0 Å². The quantitative estimate of drug-likeness (QED) is 0.888. The van der Waals surface area contributed by atoms with Crippen LogP contribution in [0.3, 0.4) is 0 Å². The third kappa shape index (κ3) is 3.66. The molecule has 0 aliphatic rings. The van der Waals surface area contributed by atoms with Gasteiger partial charge in [-0.15, -0.1) is 0 Å². The Morgan fingerprint density at radius 1 is 1.19 bits per heavy atom. The summed E-state index contributed by atoms with van der Waals surface area (Å²) in [5, 5.41) is 0. The summed E-state index contributed by atoms with van der Waals surface area (Å²) in [5.41, 5.74) is 7.02. The Morgan fingerprint density at radius 3 is 2.52 bits per heavy atom. The molecule has 3 N–H and O–H groups in total. The molecule has 0 saturated carbocycles. The monoisotopic (exact) mass is 308 g/mol. The van der Waals surface area contributed by atoms with Gasteiger partial charge >= 0.3 is 0 Å². The zero-order valence-electron chi connectivity index (χ0n) is 11.6. The first-order valence-corrected chi connectivity index (χ1v) is 7.95. The number of aryl methyl sites for hydroxylation is 1. The number of rotatable bonds is 5. The summed E-state index contributed by atoms with van der Waals surface area (Å²) in [4.78, 5) is 0.198. The van der Waals surface area contributed by atoms with E-state index in [4.69, 9.17) is 5.73 Å². The lowest BCUT2D eigenvalue weighted by Gasteiger charge is -2.10. The van der Waals surface area contributed by atoms with E-state index < -0.39 is 15.8 Å². The van der Waals surface area contributed by atoms with Gasteiger partial charge in [0.05, 0.1) is 4.90 Å². The molecule has 0 amide bonds. The fraction of sp³-hybridized carbons (Fsp3) is 0.200. The maximum atomic E-state index is 13.8. The number of halogens is 1. The van der Waals surface area contributed by atoms with Crippen LogP contribution < -0.4 is 10.5 Å². The molecule has 0 radical (unpaired) electrons. The first kappa shape index (κ1) is 15.6. The molecule has 0 spiro atoms. The second-order valence-electron chi connectivity index (χ2n) is 4.72. The molecule has 0 bridgehead atoms. The van der Waals surface area contributed by atoms with Gasteiger partial charge in [-0.05, 0) is 30.2 Å². The van der Waals surface area contributed by atoms with Crippen LogP contribution in [-0.2, 0) is 23.1 Å². The van der Waals surface area contributed by atoms with Crippen molar-refractivity contribution in [3.8, 4) is 0 Å². The molecular weight excluding hydrogens is 291 g/mol. The lowest BCUT2D eigenvalue weighted by molar-refractivity contribution is 0.573. The molecule has 2 aromatic rings. The maximum Gasteiger partial charge on any atom is 0.241 e. The second-order valence-corrected chi connectivity index (χ2v) is 6.46. The van der Waals surface area contributed by atoms with E-state index in [1.165, 1.54) is 18.2 Å². The summed E-state index contributed by atoms with van der Waals surface area (Å²) in [6.45, 7) is 1.85. The first-order chi connectivity index (χ1) is 9.94. The second kappa shape index (κ2) is 6.34. The average molecular weight is 308 g/mol. The molecule has 0 unspecified atom stereocenters. The van der Waals surface area contributed by atoms with E-state index in [2.05, 4.69) is 4.72 Å². The van der Waals surface area contributed by atoms with Gasteiger partial charge in [-0.3, -0.25) is 0 Å². The van der Waals surface area contributed by atoms with Crippen LogP contribution in [0, 0.1) is 12.7 Å². The predicted molar refractivity (Wildman–Crippen MR) is 79.5 cm³/mol. The lowest BCUT2D eigenvalue weighted by atomic mass is 10.1. The molecule has 2 aromatic carbocycles. The molecule has 21 heavy (non-hydrogen) atoms. The molecule has 6 heteroatoms. The Morgan fingerprint density at radius 2 is 1.90 bits per heavy atom. The van der Waals surface area contributed by atoms with Crippen molar-refractivity contribution in [1.82, 2.24) is 4.72 Å². The smallest absolute Gasteiger partial charge is 0.241 e. The number of nitrogens with one attached hydrogen (secondary N) is 1. The van der Waals surface area contributed by atoms with Crippen LogP contribution >= 0.6 is 0 Å². The zero-order chi connectivity index (χ0) is 15.5. The number of hydrogen-bond acceptors (Lipinski definition) is 3. The van der Waals surface area contributed by atoms with Crippen molar-refractivity contribution in [1.29, 1.82) is 0 Å². The lowest BCUT2D eigenvalue weighted by Crippen LogP contribution is -2.24. The van der Waals surface area contributed by atoms with E-state index in [-0.39, 0.29) is 23.5 Å². The minimum Gasteiger partial charge on any atom is -0.326 e. The molecule has 0 fully saturated rings. The largest absolute Gasteiger partial charge is 0.326 e. The van der Waals surface area contributed by atoms with Crippen LogP contribution in [-0.4, -0.2) is 8.42 Å². The highest BCUT2D eigenvalue weighted by atomic mass is 32.2. The summed E-state index contributed by atoms with van der Waals surface area (Å²) in [5.74, 6) is -0.467. The van der Waals surface area contributed by atoms with E-state index in [1.54, 1.807) is 31.2 Å². The standard InChI is InChI=1S/C15H17FN2O2S/c1-11-4-2-3-5-15(11)21(19,20)18-10-13-7-6-12(9-17)8-14(13)16/h2-8,18H,9-10,17H2,1H3. The normalized spacial score (nSPS) is 11.6. The Bertz CT molecular complexity index is 745. The summed E-state index contributed by atoms with van der Waals surface area (Å²) in [6, 6.07) is 11.2. The molecule has 0 aliphatic carbocycles. The summed E-state index contributed by atoms with van der Waals surface area (Å²) < 4.78 is 40.6. The molecule has 0 aromatic heterocycles. The average Bonchev–Trinajstić information content (AvgIpc) is 2.46. The molecule has 0 heterocycles. The Hall–Kier alpha value is -1.76. The van der Waals surface area contributed by atoms with Crippen LogP contribution in [0.2, 0.25) is 0 Å². The Balaban J connectivity index is 2.18. The van der Waals surface area contributed by atoms with Crippen LogP contribution in [0.5, 0.6) is 0 Å². The van der Waals surface area contributed by atoms with Crippen molar-refractivity contribution in [3.05, 3.63) is 65.0 Å². The van der Waals surface area contributed by atoms with E-state index in [1.807, 2.05) is 0 Å². The SMILES string of the molecule is Cc1ccccc1S(=O)(=O)NCc1ccc(CN)cc1F. The van der Waals surface area contributed by atoms with Crippen molar-refractivity contribution >= 4 is 10.0 Å². The van der Waals surface area contributed by atoms with Gasteiger partial charge in [-0.2, -0.15) is 0 Å². The van der Waals surface area contributed by atoms with Gasteiger partial charge in [0.2, 0.25) is 10.0 Å². The van der Waals surface area contributed by atoms with Crippen LogP contribution in [0.25, 0.3) is 0 Å². The minimum atomic E-state index is -3.66. The van der Waals surface area contributed by atoms with Crippen LogP contribution in [0.1, 0.15) is 16.7 Å². The predicted octanol–water partition coefficient (Wildman–Crippen LogP) is 2.07. The molecule has 0 atom stereocenters. The van der Waals surface area contributed by atoms with Gasteiger partial charge in [0.25, 0.3) is 0 Å². The highest BCUT2D eigenvalue weighted by Crippen LogP contribution is 2.15. The molecule has 0 aliphatic heterocycles. The van der Waals surface area contributed by atoms with Crippen LogP contribution in [0.15, 0.2) is 47.4 Å². The molecule has 0 saturated heterocycles. The van der Waals surface area contributed by atoms with E-state index in [0.29, 0.717) is 11.1 Å². The van der Waals surface area contributed by atoms with Gasteiger partial charge in [0.1, 0.15) is 5.82 Å². The van der Waals surface area contributed by atoms with Crippen molar-refractivity contribution in [2.24, 2.45) is 5.73 Å². The molecular formula is C15H17FN2O2S. The zero-order valence-corrected chi connectivity index (χ0v) is 12.5. The van der Waals surface area contributed by atoms with Gasteiger partial charge in [0, 0.05) is 18.7 Å². The Kier molecular flexibility index (Phi) is 4.72. The molecule has 112 valence electrons. The number of sulfonamides is 1. The van der Waals surface area contributed by atoms with Gasteiger partial charge in [0.15, 0.2) is 0 Å².